The van der Waals surface area contributed by atoms with E-state index in [-0.39, 0.29) is 0 Å². The van der Waals surface area contributed by atoms with Crippen molar-refractivity contribution in [3.05, 3.63) is 28.2 Å². The molecule has 2 N–H and O–H groups in total. The van der Waals surface area contributed by atoms with Crippen molar-refractivity contribution in [2.45, 2.75) is 26.0 Å². The fourth-order valence-corrected chi connectivity index (χ4v) is 2.81. The van der Waals surface area contributed by atoms with E-state index >= 15 is 0 Å². The quantitative estimate of drug-likeness (QED) is 0.853. The van der Waals surface area contributed by atoms with Gasteiger partial charge in [-0.3, -0.25) is 4.90 Å². The first-order chi connectivity index (χ1) is 8.13. The first-order valence-corrected chi connectivity index (χ1v) is 6.81. The standard InChI is InChI=1S/C13H19BrN2O/c1-10-8-16(3-2-4-17-10)9-11-5-12(14)7-13(15)6-11/h5-7,10H,2-4,8-9,15H2,1H3. The lowest BCUT2D eigenvalue weighted by atomic mass is 10.2. The zero-order chi connectivity index (χ0) is 12.3. The number of benzene rings is 1. The van der Waals surface area contributed by atoms with Crippen LogP contribution in [0.4, 0.5) is 5.69 Å². The van der Waals surface area contributed by atoms with E-state index in [1.807, 2.05) is 12.1 Å². The van der Waals surface area contributed by atoms with Crippen molar-refractivity contribution in [1.29, 1.82) is 0 Å². The van der Waals surface area contributed by atoms with E-state index in [1.165, 1.54) is 5.56 Å². The molecule has 0 amide bonds. The molecule has 1 saturated heterocycles. The molecular weight excluding hydrogens is 280 g/mol. The molecule has 2 rings (SSSR count). The Labute approximate surface area is 111 Å². The number of nitrogen functional groups attached to an aromatic ring is 1. The predicted octanol–water partition coefficient (Wildman–Crippen LogP) is 2.64. The van der Waals surface area contributed by atoms with Gasteiger partial charge in [0.15, 0.2) is 0 Å². The first-order valence-electron chi connectivity index (χ1n) is 6.02. The van der Waals surface area contributed by atoms with E-state index in [9.17, 15) is 0 Å². The highest BCUT2D eigenvalue weighted by molar-refractivity contribution is 9.10. The number of anilines is 1. The maximum absolute atomic E-state index is 5.85. The van der Waals surface area contributed by atoms with Crippen LogP contribution in [0.3, 0.4) is 0 Å². The highest BCUT2D eigenvalue weighted by atomic mass is 79.9. The minimum absolute atomic E-state index is 0.321. The van der Waals surface area contributed by atoms with E-state index in [0.717, 1.165) is 42.8 Å². The molecule has 1 fully saturated rings. The zero-order valence-electron chi connectivity index (χ0n) is 10.2. The molecule has 17 heavy (non-hydrogen) atoms. The molecule has 0 bridgehead atoms. The van der Waals surface area contributed by atoms with Gasteiger partial charge in [-0.2, -0.15) is 0 Å². The fraction of sp³-hybridized carbons (Fsp3) is 0.538. The average molecular weight is 299 g/mol. The third-order valence-electron chi connectivity index (χ3n) is 2.92. The van der Waals surface area contributed by atoms with Crippen LogP contribution >= 0.6 is 15.9 Å². The van der Waals surface area contributed by atoms with Crippen LogP contribution in [0.25, 0.3) is 0 Å². The molecule has 1 aromatic carbocycles. The number of rotatable bonds is 2. The molecule has 0 aliphatic carbocycles. The van der Waals surface area contributed by atoms with E-state index < -0.39 is 0 Å². The Morgan fingerprint density at radius 1 is 1.47 bits per heavy atom. The van der Waals surface area contributed by atoms with Crippen LogP contribution in [-0.4, -0.2) is 30.7 Å². The molecule has 0 aromatic heterocycles. The summed E-state index contributed by atoms with van der Waals surface area (Å²) in [6, 6.07) is 6.10. The average Bonchev–Trinajstić information content (AvgIpc) is 2.41. The van der Waals surface area contributed by atoms with Gasteiger partial charge in [-0.15, -0.1) is 0 Å². The lowest BCUT2D eigenvalue weighted by molar-refractivity contribution is 0.0668. The SMILES string of the molecule is CC1CN(Cc2cc(N)cc(Br)c2)CCCO1. The number of ether oxygens (including phenoxy) is 1. The number of hydrogen-bond donors (Lipinski definition) is 1. The second-order valence-electron chi connectivity index (χ2n) is 4.66. The summed E-state index contributed by atoms with van der Waals surface area (Å²) in [6.45, 7) is 6.03. The highest BCUT2D eigenvalue weighted by Gasteiger charge is 2.15. The zero-order valence-corrected chi connectivity index (χ0v) is 11.7. The molecule has 1 aliphatic rings. The Hall–Kier alpha value is -0.580. The third-order valence-corrected chi connectivity index (χ3v) is 3.38. The Balaban J connectivity index is 2.03. The Kier molecular flexibility index (Phi) is 4.42. The Bertz CT molecular complexity index is 363. The lowest BCUT2D eigenvalue weighted by Gasteiger charge is -2.22. The molecule has 94 valence electrons. The van der Waals surface area contributed by atoms with Gasteiger partial charge in [0.25, 0.3) is 0 Å². The minimum atomic E-state index is 0.321. The molecule has 3 nitrogen and oxygen atoms in total. The van der Waals surface area contributed by atoms with Crippen molar-refractivity contribution < 1.29 is 4.74 Å². The van der Waals surface area contributed by atoms with Gasteiger partial charge in [0, 0.05) is 36.4 Å². The Morgan fingerprint density at radius 2 is 2.29 bits per heavy atom. The third kappa shape index (κ3) is 3.98. The molecule has 4 heteroatoms. The van der Waals surface area contributed by atoms with Gasteiger partial charge in [-0.1, -0.05) is 15.9 Å². The minimum Gasteiger partial charge on any atom is -0.399 e. The summed E-state index contributed by atoms with van der Waals surface area (Å²) in [6.07, 6.45) is 1.43. The van der Waals surface area contributed by atoms with Gasteiger partial charge in [0.2, 0.25) is 0 Å². The first kappa shape index (κ1) is 12.9. The number of hydrogen-bond acceptors (Lipinski definition) is 3. The van der Waals surface area contributed by atoms with Crippen LogP contribution < -0.4 is 5.73 Å². The van der Waals surface area contributed by atoms with E-state index in [0.29, 0.717) is 6.10 Å². The topological polar surface area (TPSA) is 38.5 Å². The fourth-order valence-electron chi connectivity index (χ4n) is 2.25. The van der Waals surface area contributed by atoms with Crippen molar-refractivity contribution >= 4 is 21.6 Å². The van der Waals surface area contributed by atoms with Crippen LogP contribution in [0.15, 0.2) is 22.7 Å². The van der Waals surface area contributed by atoms with Gasteiger partial charge in [-0.25, -0.2) is 0 Å². The highest BCUT2D eigenvalue weighted by Crippen LogP contribution is 2.19. The normalized spacial score (nSPS) is 22.4. The molecule has 1 atom stereocenters. The van der Waals surface area contributed by atoms with Gasteiger partial charge < -0.3 is 10.5 Å². The van der Waals surface area contributed by atoms with E-state index in [1.54, 1.807) is 0 Å². The van der Waals surface area contributed by atoms with Crippen molar-refractivity contribution in [3.63, 3.8) is 0 Å². The summed E-state index contributed by atoms with van der Waals surface area (Å²) in [5, 5.41) is 0. The summed E-state index contributed by atoms with van der Waals surface area (Å²) in [5.74, 6) is 0. The monoisotopic (exact) mass is 298 g/mol. The molecule has 1 aromatic rings. The molecule has 1 heterocycles. The maximum atomic E-state index is 5.85. The van der Waals surface area contributed by atoms with Gasteiger partial charge in [-0.05, 0) is 37.1 Å². The van der Waals surface area contributed by atoms with Crippen LogP contribution in [0.2, 0.25) is 0 Å². The predicted molar refractivity (Wildman–Crippen MR) is 73.9 cm³/mol. The summed E-state index contributed by atoms with van der Waals surface area (Å²) >= 11 is 3.48. The Morgan fingerprint density at radius 3 is 3.06 bits per heavy atom. The van der Waals surface area contributed by atoms with Gasteiger partial charge >= 0.3 is 0 Å². The van der Waals surface area contributed by atoms with Crippen LogP contribution in [0.1, 0.15) is 18.9 Å². The largest absolute Gasteiger partial charge is 0.399 e. The summed E-state index contributed by atoms with van der Waals surface area (Å²) in [7, 11) is 0. The molecule has 0 saturated carbocycles. The molecular formula is C13H19BrN2O. The van der Waals surface area contributed by atoms with Gasteiger partial charge in [0.1, 0.15) is 0 Å². The van der Waals surface area contributed by atoms with Crippen molar-refractivity contribution in [3.8, 4) is 0 Å². The number of halogens is 1. The number of nitrogens with two attached hydrogens (primary N) is 1. The summed E-state index contributed by atoms with van der Waals surface area (Å²) in [4.78, 5) is 2.43. The van der Waals surface area contributed by atoms with E-state index in [4.69, 9.17) is 10.5 Å². The van der Waals surface area contributed by atoms with Crippen LogP contribution in [0, 0.1) is 0 Å². The summed E-state index contributed by atoms with van der Waals surface area (Å²) < 4.78 is 6.69. The second-order valence-corrected chi connectivity index (χ2v) is 5.58. The second kappa shape index (κ2) is 5.85. The van der Waals surface area contributed by atoms with Crippen molar-refractivity contribution in [2.24, 2.45) is 0 Å². The van der Waals surface area contributed by atoms with Crippen LogP contribution in [-0.2, 0) is 11.3 Å². The maximum Gasteiger partial charge on any atom is 0.0674 e. The van der Waals surface area contributed by atoms with Crippen molar-refractivity contribution in [2.75, 3.05) is 25.4 Å². The smallest absolute Gasteiger partial charge is 0.0674 e. The van der Waals surface area contributed by atoms with E-state index in [2.05, 4.69) is 33.8 Å². The van der Waals surface area contributed by atoms with Crippen LogP contribution in [0.5, 0.6) is 0 Å². The molecule has 1 unspecified atom stereocenters. The number of nitrogens with zero attached hydrogens (tertiary/aromatic N) is 1. The van der Waals surface area contributed by atoms with Crippen molar-refractivity contribution in [1.82, 2.24) is 4.90 Å². The molecule has 1 aliphatic heterocycles. The molecule has 0 radical (unpaired) electrons. The molecule has 0 spiro atoms. The summed E-state index contributed by atoms with van der Waals surface area (Å²) in [5.41, 5.74) is 7.92. The lowest BCUT2D eigenvalue weighted by Crippen LogP contribution is -2.29. The van der Waals surface area contributed by atoms with Gasteiger partial charge in [0.05, 0.1) is 6.10 Å².